The summed E-state index contributed by atoms with van der Waals surface area (Å²) in [7, 11) is -2.96. The maximum absolute atomic E-state index is 11.9. The standard InChI is InChI=1S/C14H26N2O3S/c1-11-2-4-12(5-3-11)9-16-14(17)8-13-10-20(18,19)7-6-15-13/h11-13,15H,2-10H2,1H3,(H,16,17). The first-order valence-electron chi connectivity index (χ1n) is 7.65. The zero-order valence-electron chi connectivity index (χ0n) is 12.2. The number of carbonyl (C=O) groups excluding carboxylic acids is 1. The predicted octanol–water partition coefficient (Wildman–Crippen LogP) is 0.706. The van der Waals surface area contributed by atoms with E-state index in [-0.39, 0.29) is 29.9 Å². The molecule has 2 aliphatic rings. The monoisotopic (exact) mass is 302 g/mol. The van der Waals surface area contributed by atoms with Gasteiger partial charge in [-0.3, -0.25) is 4.79 Å². The SMILES string of the molecule is CC1CCC(CNC(=O)CC2CS(=O)(=O)CCN2)CC1. The Morgan fingerprint density at radius 1 is 1.25 bits per heavy atom. The molecule has 0 aromatic carbocycles. The summed E-state index contributed by atoms with van der Waals surface area (Å²) in [6.07, 6.45) is 5.16. The van der Waals surface area contributed by atoms with Crippen LogP contribution in [0.2, 0.25) is 0 Å². The number of rotatable bonds is 4. The summed E-state index contributed by atoms with van der Waals surface area (Å²) in [5.41, 5.74) is 0. The van der Waals surface area contributed by atoms with E-state index in [1.54, 1.807) is 0 Å². The van der Waals surface area contributed by atoms with Crippen molar-refractivity contribution in [3.05, 3.63) is 0 Å². The Labute approximate surface area is 121 Å². The number of amides is 1. The lowest BCUT2D eigenvalue weighted by Crippen LogP contribution is -2.47. The second kappa shape index (κ2) is 6.89. The van der Waals surface area contributed by atoms with Crippen LogP contribution in [-0.2, 0) is 14.6 Å². The smallest absolute Gasteiger partial charge is 0.221 e. The quantitative estimate of drug-likeness (QED) is 0.802. The molecule has 0 bridgehead atoms. The molecule has 0 radical (unpaired) electrons. The molecule has 0 aromatic heterocycles. The molecule has 1 atom stereocenters. The van der Waals surface area contributed by atoms with Crippen LogP contribution in [0.25, 0.3) is 0 Å². The van der Waals surface area contributed by atoms with Gasteiger partial charge in [0.2, 0.25) is 5.91 Å². The highest BCUT2D eigenvalue weighted by atomic mass is 32.2. The fourth-order valence-corrected chi connectivity index (χ4v) is 4.53. The van der Waals surface area contributed by atoms with Crippen molar-refractivity contribution in [2.75, 3.05) is 24.6 Å². The van der Waals surface area contributed by atoms with Crippen LogP contribution in [0.5, 0.6) is 0 Å². The molecule has 1 aliphatic heterocycles. The van der Waals surface area contributed by atoms with Gasteiger partial charge < -0.3 is 10.6 Å². The van der Waals surface area contributed by atoms with Gasteiger partial charge in [-0.1, -0.05) is 19.8 Å². The maximum atomic E-state index is 11.9. The molecular formula is C14H26N2O3S. The van der Waals surface area contributed by atoms with Gasteiger partial charge in [-0.15, -0.1) is 0 Å². The van der Waals surface area contributed by atoms with Crippen molar-refractivity contribution in [1.82, 2.24) is 10.6 Å². The average molecular weight is 302 g/mol. The molecule has 1 saturated carbocycles. The topological polar surface area (TPSA) is 75.3 Å². The van der Waals surface area contributed by atoms with Gasteiger partial charge in [0.1, 0.15) is 0 Å². The van der Waals surface area contributed by atoms with Crippen LogP contribution in [0.1, 0.15) is 39.0 Å². The van der Waals surface area contributed by atoms with Gasteiger partial charge in [0, 0.05) is 25.6 Å². The fraction of sp³-hybridized carbons (Fsp3) is 0.929. The van der Waals surface area contributed by atoms with E-state index >= 15 is 0 Å². The minimum atomic E-state index is -2.96. The van der Waals surface area contributed by atoms with Crippen LogP contribution in [0.15, 0.2) is 0 Å². The molecule has 0 spiro atoms. The van der Waals surface area contributed by atoms with Crippen LogP contribution in [0.4, 0.5) is 0 Å². The molecule has 1 heterocycles. The van der Waals surface area contributed by atoms with E-state index in [4.69, 9.17) is 0 Å². The van der Waals surface area contributed by atoms with Crippen molar-refractivity contribution in [3.8, 4) is 0 Å². The highest BCUT2D eigenvalue weighted by Crippen LogP contribution is 2.27. The fourth-order valence-electron chi connectivity index (χ4n) is 3.09. The predicted molar refractivity (Wildman–Crippen MR) is 79.2 cm³/mol. The molecule has 0 aromatic rings. The lowest BCUT2D eigenvalue weighted by atomic mass is 9.83. The first kappa shape index (κ1) is 15.8. The molecular weight excluding hydrogens is 276 g/mol. The molecule has 20 heavy (non-hydrogen) atoms. The largest absolute Gasteiger partial charge is 0.356 e. The highest BCUT2D eigenvalue weighted by Gasteiger charge is 2.26. The lowest BCUT2D eigenvalue weighted by Gasteiger charge is -2.27. The summed E-state index contributed by atoms with van der Waals surface area (Å²) >= 11 is 0. The minimum absolute atomic E-state index is 0.0294. The van der Waals surface area contributed by atoms with E-state index < -0.39 is 9.84 Å². The second-order valence-corrected chi connectivity index (χ2v) is 8.63. The number of carbonyl (C=O) groups is 1. The van der Waals surface area contributed by atoms with Gasteiger partial charge in [0.05, 0.1) is 11.5 Å². The van der Waals surface area contributed by atoms with Crippen molar-refractivity contribution in [1.29, 1.82) is 0 Å². The van der Waals surface area contributed by atoms with E-state index in [2.05, 4.69) is 17.6 Å². The van der Waals surface area contributed by atoms with Gasteiger partial charge in [0.25, 0.3) is 0 Å². The molecule has 6 heteroatoms. The molecule has 2 N–H and O–H groups in total. The summed E-state index contributed by atoms with van der Waals surface area (Å²) in [5.74, 6) is 1.65. The van der Waals surface area contributed by atoms with E-state index in [0.29, 0.717) is 12.5 Å². The minimum Gasteiger partial charge on any atom is -0.356 e. The van der Waals surface area contributed by atoms with E-state index in [1.165, 1.54) is 25.7 Å². The first-order valence-corrected chi connectivity index (χ1v) is 9.47. The van der Waals surface area contributed by atoms with Crippen molar-refractivity contribution < 1.29 is 13.2 Å². The van der Waals surface area contributed by atoms with Crippen molar-refractivity contribution in [3.63, 3.8) is 0 Å². The Bertz CT molecular complexity index is 428. The summed E-state index contributed by atoms with van der Waals surface area (Å²) in [4.78, 5) is 11.9. The Balaban J connectivity index is 1.67. The molecule has 5 nitrogen and oxygen atoms in total. The molecule has 2 fully saturated rings. The van der Waals surface area contributed by atoms with E-state index in [1.807, 2.05) is 0 Å². The van der Waals surface area contributed by atoms with Crippen LogP contribution in [0.3, 0.4) is 0 Å². The first-order chi connectivity index (χ1) is 9.44. The maximum Gasteiger partial charge on any atom is 0.221 e. The second-order valence-electron chi connectivity index (χ2n) is 6.40. The van der Waals surface area contributed by atoms with Gasteiger partial charge in [-0.25, -0.2) is 8.42 Å². The Hall–Kier alpha value is -0.620. The molecule has 1 aliphatic carbocycles. The number of nitrogens with one attached hydrogen (secondary N) is 2. The van der Waals surface area contributed by atoms with E-state index in [9.17, 15) is 13.2 Å². The van der Waals surface area contributed by atoms with Crippen LogP contribution < -0.4 is 10.6 Å². The average Bonchev–Trinajstić information content (AvgIpc) is 2.37. The van der Waals surface area contributed by atoms with Crippen molar-refractivity contribution in [2.45, 2.75) is 45.1 Å². The Morgan fingerprint density at radius 2 is 1.95 bits per heavy atom. The Kier molecular flexibility index (Phi) is 5.43. The molecule has 1 saturated heterocycles. The van der Waals surface area contributed by atoms with Crippen LogP contribution >= 0.6 is 0 Å². The summed E-state index contributed by atoms with van der Waals surface area (Å²) in [5, 5.41) is 6.08. The number of sulfone groups is 1. The molecule has 1 amide bonds. The Morgan fingerprint density at radius 3 is 2.60 bits per heavy atom. The third-order valence-electron chi connectivity index (χ3n) is 4.46. The zero-order chi connectivity index (χ0) is 14.6. The third-order valence-corrected chi connectivity index (χ3v) is 6.19. The van der Waals surface area contributed by atoms with Crippen molar-refractivity contribution in [2.24, 2.45) is 11.8 Å². The molecule has 1 unspecified atom stereocenters. The normalized spacial score (nSPS) is 33.5. The lowest BCUT2D eigenvalue weighted by molar-refractivity contribution is -0.121. The summed E-state index contributed by atoms with van der Waals surface area (Å²) < 4.78 is 23.0. The van der Waals surface area contributed by atoms with Gasteiger partial charge >= 0.3 is 0 Å². The molecule has 2 rings (SSSR count). The third kappa shape index (κ3) is 5.05. The van der Waals surface area contributed by atoms with Crippen molar-refractivity contribution >= 4 is 15.7 Å². The van der Waals surface area contributed by atoms with Crippen LogP contribution in [0, 0.1) is 11.8 Å². The summed E-state index contributed by atoms with van der Waals surface area (Å²) in [6.45, 7) is 3.48. The number of hydrogen-bond acceptors (Lipinski definition) is 4. The summed E-state index contributed by atoms with van der Waals surface area (Å²) in [6, 6.07) is -0.222. The number of hydrogen-bond donors (Lipinski definition) is 2. The van der Waals surface area contributed by atoms with Gasteiger partial charge in [-0.05, 0) is 24.7 Å². The van der Waals surface area contributed by atoms with Gasteiger partial charge in [0.15, 0.2) is 9.84 Å². The van der Waals surface area contributed by atoms with Gasteiger partial charge in [-0.2, -0.15) is 0 Å². The highest BCUT2D eigenvalue weighted by molar-refractivity contribution is 7.91. The zero-order valence-corrected chi connectivity index (χ0v) is 13.0. The molecule has 116 valence electrons. The van der Waals surface area contributed by atoms with Crippen LogP contribution in [-0.4, -0.2) is 45.0 Å². The van der Waals surface area contributed by atoms with E-state index in [0.717, 1.165) is 12.5 Å².